The van der Waals surface area contributed by atoms with E-state index in [-0.39, 0.29) is 17.0 Å². The molecular weight excluding hydrogens is 262 g/mol. The Balaban J connectivity index is 3.01. The summed E-state index contributed by atoms with van der Waals surface area (Å²) in [6.45, 7) is 3.26. The van der Waals surface area contributed by atoms with Crippen LogP contribution in [0.25, 0.3) is 0 Å². The van der Waals surface area contributed by atoms with Gasteiger partial charge < -0.3 is 11.5 Å². The third kappa shape index (κ3) is 3.17. The fourth-order valence-electron chi connectivity index (χ4n) is 1.58. The number of rotatable bonds is 4. The Bertz CT molecular complexity index is 477. The van der Waals surface area contributed by atoms with Crippen molar-refractivity contribution >= 4 is 17.5 Å². The number of halogens is 3. The predicted molar refractivity (Wildman–Crippen MR) is 65.9 cm³/mol. The minimum Gasteiger partial charge on any atom is -0.369 e. The Kier molecular flexibility index (Phi) is 4.29. The smallest absolute Gasteiger partial charge is 0.223 e. The fraction of sp³-hybridized carbons (Fsp3) is 0.417. The average molecular weight is 277 g/mol. The molecule has 6 heteroatoms. The molecular formula is C12H15ClF2N2O. The number of carbonyl (C=O) groups excluding carboxylic acids is 1. The highest BCUT2D eigenvalue weighted by atomic mass is 35.5. The Labute approximate surface area is 109 Å². The maximum atomic E-state index is 13.1. The molecule has 1 aromatic rings. The molecule has 0 aliphatic heterocycles. The summed E-state index contributed by atoms with van der Waals surface area (Å²) < 4.78 is 26.0. The number of primary amides is 1. The zero-order chi connectivity index (χ0) is 14.1. The van der Waals surface area contributed by atoms with Crippen molar-refractivity contribution in [3.8, 4) is 0 Å². The molecule has 0 saturated heterocycles. The third-order valence-corrected chi connectivity index (χ3v) is 3.16. The van der Waals surface area contributed by atoms with Gasteiger partial charge in [0.2, 0.25) is 5.91 Å². The predicted octanol–water partition coefficient (Wildman–Crippen LogP) is 2.52. The van der Waals surface area contributed by atoms with Crippen LogP contribution in [0.4, 0.5) is 8.78 Å². The van der Waals surface area contributed by atoms with Crippen LogP contribution < -0.4 is 11.5 Å². The van der Waals surface area contributed by atoms with Crippen LogP contribution >= 0.6 is 11.6 Å². The van der Waals surface area contributed by atoms with Crippen molar-refractivity contribution in [3.05, 3.63) is 34.4 Å². The van der Waals surface area contributed by atoms with E-state index in [1.54, 1.807) is 13.8 Å². The van der Waals surface area contributed by atoms with Gasteiger partial charge in [-0.3, -0.25) is 4.79 Å². The van der Waals surface area contributed by atoms with Gasteiger partial charge in [0.05, 0.1) is 0 Å². The lowest BCUT2D eigenvalue weighted by atomic mass is 9.83. The second-order valence-electron chi connectivity index (χ2n) is 4.85. The molecule has 1 atom stereocenters. The van der Waals surface area contributed by atoms with E-state index in [9.17, 15) is 13.6 Å². The molecule has 1 rings (SSSR count). The Morgan fingerprint density at radius 2 is 1.89 bits per heavy atom. The lowest BCUT2D eigenvalue weighted by molar-refractivity contribution is -0.126. The summed E-state index contributed by atoms with van der Waals surface area (Å²) in [7, 11) is 0. The molecule has 0 saturated carbocycles. The van der Waals surface area contributed by atoms with Gasteiger partial charge in [-0.15, -0.1) is 0 Å². The van der Waals surface area contributed by atoms with Crippen LogP contribution in [0.3, 0.4) is 0 Å². The second kappa shape index (κ2) is 5.20. The highest BCUT2D eigenvalue weighted by molar-refractivity contribution is 6.31. The molecule has 18 heavy (non-hydrogen) atoms. The van der Waals surface area contributed by atoms with Crippen molar-refractivity contribution < 1.29 is 13.6 Å². The van der Waals surface area contributed by atoms with Crippen molar-refractivity contribution in [2.24, 2.45) is 16.9 Å². The van der Waals surface area contributed by atoms with Gasteiger partial charge in [0, 0.05) is 16.5 Å². The summed E-state index contributed by atoms with van der Waals surface area (Å²) in [4.78, 5) is 11.2. The number of hydrogen-bond donors (Lipinski definition) is 2. The summed E-state index contributed by atoms with van der Waals surface area (Å²) in [6.07, 6.45) is 0.188. The van der Waals surface area contributed by atoms with E-state index in [4.69, 9.17) is 23.1 Å². The summed E-state index contributed by atoms with van der Waals surface area (Å²) >= 11 is 5.80. The molecule has 0 radical (unpaired) electrons. The summed E-state index contributed by atoms with van der Waals surface area (Å²) in [5.74, 6) is -2.58. The van der Waals surface area contributed by atoms with Gasteiger partial charge in [-0.25, -0.2) is 8.78 Å². The molecule has 0 bridgehead atoms. The highest BCUT2D eigenvalue weighted by Gasteiger charge is 2.29. The molecule has 1 amide bonds. The summed E-state index contributed by atoms with van der Waals surface area (Å²) in [6, 6.07) is 1.11. The zero-order valence-corrected chi connectivity index (χ0v) is 10.9. The number of nitrogens with two attached hydrogens (primary N) is 2. The van der Waals surface area contributed by atoms with Crippen LogP contribution in [-0.2, 0) is 4.79 Å². The van der Waals surface area contributed by atoms with Crippen LogP contribution in [-0.4, -0.2) is 5.91 Å². The molecule has 100 valence electrons. The molecule has 3 nitrogen and oxygen atoms in total. The van der Waals surface area contributed by atoms with E-state index in [2.05, 4.69) is 0 Å². The van der Waals surface area contributed by atoms with Crippen LogP contribution in [0.1, 0.15) is 31.9 Å². The molecule has 0 heterocycles. The second-order valence-corrected chi connectivity index (χ2v) is 5.25. The van der Waals surface area contributed by atoms with E-state index < -0.39 is 29.0 Å². The van der Waals surface area contributed by atoms with E-state index in [0.29, 0.717) is 0 Å². The lowest BCUT2D eigenvalue weighted by Crippen LogP contribution is -2.34. The molecule has 1 aromatic carbocycles. The quantitative estimate of drug-likeness (QED) is 0.830. The monoisotopic (exact) mass is 276 g/mol. The average Bonchev–Trinajstić information content (AvgIpc) is 2.22. The van der Waals surface area contributed by atoms with E-state index in [1.807, 2.05) is 0 Å². The maximum Gasteiger partial charge on any atom is 0.223 e. The fourth-order valence-corrected chi connectivity index (χ4v) is 1.87. The first-order valence-electron chi connectivity index (χ1n) is 5.35. The Morgan fingerprint density at radius 3 is 2.39 bits per heavy atom. The highest BCUT2D eigenvalue weighted by Crippen LogP contribution is 2.32. The van der Waals surface area contributed by atoms with Crippen LogP contribution in [0.5, 0.6) is 0 Å². The first kappa shape index (κ1) is 14.9. The van der Waals surface area contributed by atoms with Gasteiger partial charge >= 0.3 is 0 Å². The zero-order valence-electron chi connectivity index (χ0n) is 10.1. The lowest BCUT2D eigenvalue weighted by Gasteiger charge is -2.25. The van der Waals surface area contributed by atoms with Gasteiger partial charge in [-0.2, -0.15) is 0 Å². The van der Waals surface area contributed by atoms with Crippen LogP contribution in [0, 0.1) is 17.0 Å². The molecule has 4 N–H and O–H groups in total. The minimum atomic E-state index is -1.04. The van der Waals surface area contributed by atoms with Crippen molar-refractivity contribution in [2.45, 2.75) is 26.3 Å². The summed E-state index contributed by atoms with van der Waals surface area (Å²) in [5, 5.41) is 0.0293. The molecule has 0 fully saturated rings. The normalized spacial score (nSPS) is 13.4. The van der Waals surface area contributed by atoms with Crippen LogP contribution in [0.2, 0.25) is 5.02 Å². The van der Waals surface area contributed by atoms with Crippen LogP contribution in [0.15, 0.2) is 12.1 Å². The third-order valence-electron chi connectivity index (χ3n) is 2.84. The van der Waals surface area contributed by atoms with Gasteiger partial charge in [0.1, 0.15) is 0 Å². The first-order valence-corrected chi connectivity index (χ1v) is 5.73. The topological polar surface area (TPSA) is 69.1 Å². The molecule has 1 unspecified atom stereocenters. The minimum absolute atomic E-state index is 0.0293. The number of benzene rings is 1. The van der Waals surface area contributed by atoms with Crippen molar-refractivity contribution in [1.29, 1.82) is 0 Å². The molecule has 0 aliphatic carbocycles. The number of amides is 1. The largest absolute Gasteiger partial charge is 0.369 e. The molecule has 0 aromatic heterocycles. The van der Waals surface area contributed by atoms with Gasteiger partial charge in [0.15, 0.2) is 11.6 Å². The molecule has 0 spiro atoms. The Hall–Kier alpha value is -1.20. The number of hydrogen-bond acceptors (Lipinski definition) is 2. The van der Waals surface area contributed by atoms with E-state index in [0.717, 1.165) is 12.1 Å². The SMILES string of the molecule is CC(C)(CC(N)c1cc(F)c(F)cc1Cl)C(N)=O. The van der Waals surface area contributed by atoms with Gasteiger partial charge in [0.25, 0.3) is 0 Å². The maximum absolute atomic E-state index is 13.1. The van der Waals surface area contributed by atoms with Gasteiger partial charge in [-0.05, 0) is 24.1 Å². The Morgan fingerprint density at radius 1 is 1.39 bits per heavy atom. The first-order chi connectivity index (χ1) is 8.15. The van der Waals surface area contributed by atoms with Crippen molar-refractivity contribution in [3.63, 3.8) is 0 Å². The number of carbonyl (C=O) groups is 1. The van der Waals surface area contributed by atoms with E-state index >= 15 is 0 Å². The van der Waals surface area contributed by atoms with Crippen molar-refractivity contribution in [2.75, 3.05) is 0 Å². The van der Waals surface area contributed by atoms with E-state index in [1.165, 1.54) is 0 Å². The molecule has 0 aliphatic rings. The van der Waals surface area contributed by atoms with Crippen molar-refractivity contribution in [1.82, 2.24) is 0 Å². The summed E-state index contributed by atoms with van der Waals surface area (Å²) in [5.41, 5.74) is 10.5. The standard InChI is InChI=1S/C12H15ClF2N2O/c1-12(2,11(17)18)5-10(16)6-3-8(14)9(15)4-7(6)13/h3-4,10H,5,16H2,1-2H3,(H2,17,18). The van der Waals surface area contributed by atoms with Gasteiger partial charge in [-0.1, -0.05) is 25.4 Å².